The summed E-state index contributed by atoms with van der Waals surface area (Å²) in [5, 5.41) is 12.7. The Morgan fingerprint density at radius 2 is 1.86 bits per heavy atom. The molecule has 0 heterocycles. The van der Waals surface area contributed by atoms with Crippen LogP contribution in [0.2, 0.25) is 0 Å². The van der Waals surface area contributed by atoms with Crippen LogP contribution in [0.15, 0.2) is 42.1 Å². The van der Waals surface area contributed by atoms with Crippen LogP contribution in [0.3, 0.4) is 0 Å². The quantitative estimate of drug-likeness (QED) is 0.770. The molecule has 0 saturated carbocycles. The van der Waals surface area contributed by atoms with Crippen molar-refractivity contribution in [3.63, 3.8) is 0 Å². The van der Waals surface area contributed by atoms with Crippen molar-refractivity contribution in [1.29, 1.82) is 0 Å². The summed E-state index contributed by atoms with van der Waals surface area (Å²) in [6, 6.07) is 9.89. The number of rotatable bonds is 3. The zero-order valence-electron chi connectivity index (χ0n) is 8.91. The highest BCUT2D eigenvalue weighted by Gasteiger charge is 2.07. The van der Waals surface area contributed by atoms with Gasteiger partial charge in [0.15, 0.2) is 0 Å². The standard InChI is InChI=1S/C12H17NO/c1-10(9-12(2,3)14)13-11-7-5-4-6-8-11/h4-9,13-14H,1-3H3/b10-9-. The summed E-state index contributed by atoms with van der Waals surface area (Å²) >= 11 is 0. The molecule has 0 saturated heterocycles. The van der Waals surface area contributed by atoms with Gasteiger partial charge in [0.25, 0.3) is 0 Å². The van der Waals surface area contributed by atoms with Gasteiger partial charge in [-0.05, 0) is 39.0 Å². The van der Waals surface area contributed by atoms with Gasteiger partial charge in [-0.25, -0.2) is 0 Å². The van der Waals surface area contributed by atoms with E-state index in [4.69, 9.17) is 0 Å². The maximum Gasteiger partial charge on any atom is 0.0791 e. The summed E-state index contributed by atoms with van der Waals surface area (Å²) in [6.45, 7) is 5.44. The fraction of sp³-hybridized carbons (Fsp3) is 0.333. The minimum atomic E-state index is -0.772. The third-order valence-electron chi connectivity index (χ3n) is 1.69. The first-order valence-electron chi connectivity index (χ1n) is 4.71. The van der Waals surface area contributed by atoms with Crippen LogP contribution >= 0.6 is 0 Å². The first-order valence-corrected chi connectivity index (χ1v) is 4.71. The number of aliphatic hydroxyl groups is 1. The summed E-state index contributed by atoms with van der Waals surface area (Å²) in [5.41, 5.74) is 1.21. The van der Waals surface area contributed by atoms with E-state index >= 15 is 0 Å². The Hall–Kier alpha value is -1.28. The summed E-state index contributed by atoms with van der Waals surface area (Å²) in [5.74, 6) is 0. The van der Waals surface area contributed by atoms with Gasteiger partial charge in [-0.2, -0.15) is 0 Å². The predicted molar refractivity (Wildman–Crippen MR) is 60.1 cm³/mol. The number of para-hydroxylation sites is 1. The van der Waals surface area contributed by atoms with E-state index in [1.54, 1.807) is 19.9 Å². The molecule has 2 heteroatoms. The predicted octanol–water partition coefficient (Wildman–Crippen LogP) is 2.77. The van der Waals surface area contributed by atoms with Gasteiger partial charge >= 0.3 is 0 Å². The molecule has 0 spiro atoms. The molecule has 0 atom stereocenters. The fourth-order valence-electron chi connectivity index (χ4n) is 1.32. The van der Waals surface area contributed by atoms with Crippen molar-refractivity contribution in [2.24, 2.45) is 0 Å². The largest absolute Gasteiger partial charge is 0.386 e. The highest BCUT2D eigenvalue weighted by atomic mass is 16.3. The Balaban J connectivity index is 2.67. The Kier molecular flexibility index (Phi) is 3.31. The van der Waals surface area contributed by atoms with E-state index in [0.29, 0.717) is 0 Å². The molecule has 0 aliphatic carbocycles. The minimum Gasteiger partial charge on any atom is -0.386 e. The fourth-order valence-corrected chi connectivity index (χ4v) is 1.32. The number of anilines is 1. The molecular formula is C12H17NO. The SMILES string of the molecule is C/C(=C/C(C)(C)O)Nc1ccccc1. The molecule has 0 aliphatic heterocycles. The van der Waals surface area contributed by atoms with Gasteiger partial charge in [-0.15, -0.1) is 0 Å². The number of allylic oxidation sites excluding steroid dienone is 1. The van der Waals surface area contributed by atoms with Gasteiger partial charge in [0.05, 0.1) is 5.60 Å². The first kappa shape index (κ1) is 10.8. The molecular weight excluding hydrogens is 174 g/mol. The molecule has 0 aliphatic rings. The van der Waals surface area contributed by atoms with Crippen LogP contribution in [0, 0.1) is 0 Å². The van der Waals surface area contributed by atoms with E-state index in [2.05, 4.69) is 5.32 Å². The topological polar surface area (TPSA) is 32.3 Å². The van der Waals surface area contributed by atoms with Gasteiger partial charge < -0.3 is 10.4 Å². The highest BCUT2D eigenvalue weighted by Crippen LogP contribution is 2.12. The Bertz CT molecular complexity index is 309. The van der Waals surface area contributed by atoms with E-state index in [0.717, 1.165) is 11.4 Å². The number of hydrogen-bond acceptors (Lipinski definition) is 2. The van der Waals surface area contributed by atoms with Crippen LogP contribution in [-0.2, 0) is 0 Å². The average molecular weight is 191 g/mol. The van der Waals surface area contributed by atoms with Crippen molar-refractivity contribution in [1.82, 2.24) is 0 Å². The van der Waals surface area contributed by atoms with Gasteiger partial charge in [-0.1, -0.05) is 18.2 Å². The van der Waals surface area contributed by atoms with Crippen LogP contribution in [0.5, 0.6) is 0 Å². The molecule has 0 fully saturated rings. The van der Waals surface area contributed by atoms with Gasteiger partial charge in [0.1, 0.15) is 0 Å². The molecule has 0 unspecified atom stereocenters. The third kappa shape index (κ3) is 4.10. The third-order valence-corrected chi connectivity index (χ3v) is 1.69. The Labute approximate surface area is 85.3 Å². The van der Waals surface area contributed by atoms with E-state index in [1.807, 2.05) is 37.3 Å². The molecule has 0 radical (unpaired) electrons. The van der Waals surface area contributed by atoms with Crippen molar-refractivity contribution in [2.45, 2.75) is 26.4 Å². The molecule has 0 amide bonds. The molecule has 1 rings (SSSR count). The van der Waals surface area contributed by atoms with E-state index in [-0.39, 0.29) is 0 Å². The lowest BCUT2D eigenvalue weighted by Crippen LogP contribution is -2.16. The van der Waals surface area contributed by atoms with E-state index in [1.165, 1.54) is 0 Å². The van der Waals surface area contributed by atoms with Crippen molar-refractivity contribution in [2.75, 3.05) is 5.32 Å². The number of benzene rings is 1. The van der Waals surface area contributed by atoms with Crippen LogP contribution in [-0.4, -0.2) is 10.7 Å². The van der Waals surface area contributed by atoms with Crippen molar-refractivity contribution in [3.8, 4) is 0 Å². The molecule has 76 valence electrons. The summed E-state index contributed by atoms with van der Waals surface area (Å²) in [4.78, 5) is 0. The lowest BCUT2D eigenvalue weighted by Gasteiger charge is -2.14. The zero-order valence-corrected chi connectivity index (χ0v) is 8.91. The molecule has 2 nitrogen and oxygen atoms in total. The van der Waals surface area contributed by atoms with Crippen molar-refractivity contribution >= 4 is 5.69 Å². The molecule has 1 aromatic carbocycles. The summed E-state index contributed by atoms with van der Waals surface area (Å²) in [7, 11) is 0. The molecule has 2 N–H and O–H groups in total. The first-order chi connectivity index (χ1) is 6.47. The molecule has 0 aromatic heterocycles. The number of nitrogens with one attached hydrogen (secondary N) is 1. The monoisotopic (exact) mass is 191 g/mol. The smallest absolute Gasteiger partial charge is 0.0791 e. The number of hydrogen-bond donors (Lipinski definition) is 2. The van der Waals surface area contributed by atoms with Crippen molar-refractivity contribution in [3.05, 3.63) is 42.1 Å². The maximum absolute atomic E-state index is 9.55. The van der Waals surface area contributed by atoms with E-state index < -0.39 is 5.60 Å². The second-order valence-corrected chi connectivity index (χ2v) is 3.97. The normalized spacial score (nSPS) is 12.7. The van der Waals surface area contributed by atoms with Crippen molar-refractivity contribution < 1.29 is 5.11 Å². The van der Waals surface area contributed by atoms with Gasteiger partial charge in [0, 0.05) is 11.4 Å². The van der Waals surface area contributed by atoms with Crippen LogP contribution in [0.4, 0.5) is 5.69 Å². The Morgan fingerprint density at radius 1 is 1.29 bits per heavy atom. The molecule has 0 bridgehead atoms. The second-order valence-electron chi connectivity index (χ2n) is 3.97. The average Bonchev–Trinajstić information content (AvgIpc) is 2.02. The summed E-state index contributed by atoms with van der Waals surface area (Å²) in [6.07, 6.45) is 1.79. The maximum atomic E-state index is 9.55. The van der Waals surface area contributed by atoms with Crippen LogP contribution < -0.4 is 5.32 Å². The summed E-state index contributed by atoms with van der Waals surface area (Å²) < 4.78 is 0. The zero-order chi connectivity index (χ0) is 10.6. The lowest BCUT2D eigenvalue weighted by molar-refractivity contribution is 0.132. The highest BCUT2D eigenvalue weighted by molar-refractivity contribution is 5.47. The molecule has 14 heavy (non-hydrogen) atoms. The lowest BCUT2D eigenvalue weighted by atomic mass is 10.1. The minimum absolute atomic E-state index is 0.772. The van der Waals surface area contributed by atoms with E-state index in [9.17, 15) is 5.11 Å². The molecule has 1 aromatic rings. The van der Waals surface area contributed by atoms with Crippen LogP contribution in [0.25, 0.3) is 0 Å². The van der Waals surface area contributed by atoms with Crippen LogP contribution in [0.1, 0.15) is 20.8 Å². The Morgan fingerprint density at radius 3 is 2.36 bits per heavy atom. The second kappa shape index (κ2) is 4.29. The van der Waals surface area contributed by atoms with Gasteiger partial charge in [0.2, 0.25) is 0 Å². The van der Waals surface area contributed by atoms with Gasteiger partial charge in [-0.3, -0.25) is 0 Å².